The van der Waals surface area contributed by atoms with Gasteiger partial charge in [0.1, 0.15) is 6.26 Å². The molecule has 3 rings (SSSR count). The second-order valence-corrected chi connectivity index (χ2v) is 9.66. The Morgan fingerprint density at radius 2 is 1.69 bits per heavy atom. The van der Waals surface area contributed by atoms with Crippen molar-refractivity contribution in [1.82, 2.24) is 20.1 Å². The Balaban J connectivity index is 1.76. The molecule has 0 fully saturated rings. The minimum atomic E-state index is -1.46. The highest BCUT2D eigenvalue weighted by Gasteiger charge is 2.33. The van der Waals surface area contributed by atoms with E-state index in [2.05, 4.69) is 10.3 Å². The maximum absolute atomic E-state index is 13.3. The summed E-state index contributed by atoms with van der Waals surface area (Å²) in [7, 11) is 0. The number of carbonyl (C=O) groups excluding carboxylic acids is 3. The maximum Gasteiger partial charge on any atom is 0.415 e. The first-order valence-electron chi connectivity index (χ1n) is 12.5. The summed E-state index contributed by atoms with van der Waals surface area (Å²) in [5, 5.41) is 12.8. The number of aromatic nitrogens is 1. The van der Waals surface area contributed by atoms with Gasteiger partial charge in [0.25, 0.3) is 11.8 Å². The van der Waals surface area contributed by atoms with E-state index in [1.165, 1.54) is 0 Å². The number of amides is 5. The largest absolute Gasteiger partial charge is 0.465 e. The quantitative estimate of drug-likeness (QED) is 0.320. The summed E-state index contributed by atoms with van der Waals surface area (Å²) in [6, 6.07) is 15.5. The molecule has 0 radical (unpaired) electrons. The summed E-state index contributed by atoms with van der Waals surface area (Å²) in [5.41, 5.74) is 1.52. The summed E-state index contributed by atoms with van der Waals surface area (Å²) in [6.07, 6.45) is 0.908. The van der Waals surface area contributed by atoms with Crippen LogP contribution in [0, 0.1) is 5.92 Å². The van der Waals surface area contributed by atoms with Gasteiger partial charge >= 0.3 is 18.0 Å². The predicted molar refractivity (Wildman–Crippen MR) is 145 cm³/mol. The van der Waals surface area contributed by atoms with Gasteiger partial charge in [0.05, 0.1) is 0 Å². The monoisotopic (exact) mass is 554 g/mol. The van der Waals surface area contributed by atoms with Crippen LogP contribution in [0.25, 0.3) is 0 Å². The fraction of sp³-hybridized carbons (Fsp3) is 0.321. The van der Waals surface area contributed by atoms with Crippen molar-refractivity contribution >= 4 is 35.5 Å². The molecule has 10 nitrogen and oxygen atoms in total. The number of halogens is 1. The number of benzene rings is 2. The van der Waals surface area contributed by atoms with Crippen LogP contribution in [-0.2, 0) is 13.0 Å². The van der Waals surface area contributed by atoms with Crippen LogP contribution in [0.4, 0.5) is 9.59 Å². The van der Waals surface area contributed by atoms with E-state index in [4.69, 9.17) is 16.0 Å². The molecule has 2 N–H and O–H groups in total. The van der Waals surface area contributed by atoms with Crippen molar-refractivity contribution < 1.29 is 28.7 Å². The Kier molecular flexibility index (Phi) is 10.6. The molecule has 0 saturated carbocycles. The van der Waals surface area contributed by atoms with Gasteiger partial charge in [-0.25, -0.2) is 14.5 Å². The first-order chi connectivity index (χ1) is 18.7. The third kappa shape index (κ3) is 8.41. The van der Waals surface area contributed by atoms with Crippen LogP contribution in [-0.4, -0.2) is 56.9 Å². The highest BCUT2D eigenvalue weighted by molar-refractivity contribution is 6.31. The van der Waals surface area contributed by atoms with Gasteiger partial charge in [-0.3, -0.25) is 14.5 Å². The third-order valence-electron chi connectivity index (χ3n) is 5.87. The highest BCUT2D eigenvalue weighted by Crippen LogP contribution is 2.16. The van der Waals surface area contributed by atoms with E-state index in [1.807, 2.05) is 44.2 Å². The summed E-state index contributed by atoms with van der Waals surface area (Å²) < 4.78 is 5.25. The number of oxazole rings is 1. The molecule has 5 amide bonds. The number of hydrogen-bond acceptors (Lipinski definition) is 6. The van der Waals surface area contributed by atoms with E-state index >= 15 is 0 Å². The SMILES string of the molecule is CC(C)CCN(C(=O)O)C(=O)N(CCCc1ccccc1)C(=O)c1nc(C(=O)NCc2ccccc2Cl)co1. The van der Waals surface area contributed by atoms with Gasteiger partial charge in [-0.2, -0.15) is 4.98 Å². The zero-order valence-electron chi connectivity index (χ0n) is 21.8. The molecule has 1 heterocycles. The molecule has 0 aliphatic heterocycles. The lowest BCUT2D eigenvalue weighted by Gasteiger charge is -2.26. The van der Waals surface area contributed by atoms with Crippen LogP contribution in [0.15, 0.2) is 65.3 Å². The fourth-order valence-electron chi connectivity index (χ4n) is 3.68. The number of carbonyl (C=O) groups is 4. The number of carboxylic acid groups (broad SMARTS) is 1. The Morgan fingerprint density at radius 1 is 1.00 bits per heavy atom. The molecule has 0 aliphatic carbocycles. The number of rotatable bonds is 11. The Hall–Kier alpha value is -4.18. The van der Waals surface area contributed by atoms with Gasteiger partial charge in [-0.15, -0.1) is 0 Å². The summed E-state index contributed by atoms with van der Waals surface area (Å²) in [6.45, 7) is 3.78. The number of hydrogen-bond donors (Lipinski definition) is 2. The molecular formula is C28H31ClN4O6. The van der Waals surface area contributed by atoms with Crippen molar-refractivity contribution in [1.29, 1.82) is 0 Å². The molecule has 0 aliphatic rings. The van der Waals surface area contributed by atoms with Gasteiger partial charge in [-0.1, -0.05) is 74.0 Å². The lowest BCUT2D eigenvalue weighted by molar-refractivity contribution is 0.0715. The lowest BCUT2D eigenvalue weighted by atomic mass is 10.1. The standard InChI is InChI=1S/C28H31ClN4O6/c1-19(2)14-16-33(28(37)38)27(36)32(15-8-11-20-9-4-3-5-10-20)26(35)25-31-23(18-39-25)24(34)30-17-21-12-6-7-13-22(21)29/h3-7,9-10,12-13,18-19H,8,11,14-17H2,1-2H3,(H,30,34)(H,37,38). The molecule has 39 heavy (non-hydrogen) atoms. The first kappa shape index (κ1) is 29.4. The molecule has 0 saturated heterocycles. The second-order valence-electron chi connectivity index (χ2n) is 9.26. The minimum Gasteiger partial charge on any atom is -0.465 e. The summed E-state index contributed by atoms with van der Waals surface area (Å²) in [5.74, 6) is -1.90. The van der Waals surface area contributed by atoms with Crippen molar-refractivity contribution in [2.45, 2.75) is 39.7 Å². The smallest absolute Gasteiger partial charge is 0.415 e. The van der Waals surface area contributed by atoms with Crippen molar-refractivity contribution in [3.8, 4) is 0 Å². The molecule has 11 heteroatoms. The van der Waals surface area contributed by atoms with Crippen molar-refractivity contribution in [2.75, 3.05) is 13.1 Å². The van der Waals surface area contributed by atoms with Crippen LogP contribution in [0.5, 0.6) is 0 Å². The molecule has 1 aromatic heterocycles. The molecule has 0 bridgehead atoms. The molecular weight excluding hydrogens is 524 g/mol. The number of imide groups is 2. The lowest BCUT2D eigenvalue weighted by Crippen LogP contribution is -2.49. The van der Waals surface area contributed by atoms with Gasteiger partial charge in [-0.05, 0) is 42.4 Å². The zero-order chi connectivity index (χ0) is 28.4. The summed E-state index contributed by atoms with van der Waals surface area (Å²) in [4.78, 5) is 56.5. The normalized spacial score (nSPS) is 10.8. The van der Waals surface area contributed by atoms with Gasteiger partial charge < -0.3 is 14.8 Å². The van der Waals surface area contributed by atoms with E-state index in [0.717, 1.165) is 16.7 Å². The van der Waals surface area contributed by atoms with Crippen molar-refractivity contribution in [3.05, 3.63) is 88.6 Å². The predicted octanol–water partition coefficient (Wildman–Crippen LogP) is 5.48. The summed E-state index contributed by atoms with van der Waals surface area (Å²) >= 11 is 6.12. The van der Waals surface area contributed by atoms with Crippen molar-refractivity contribution in [3.63, 3.8) is 0 Å². The Labute approximate surface area is 231 Å². The van der Waals surface area contributed by atoms with Gasteiger partial charge in [0.2, 0.25) is 0 Å². The number of urea groups is 1. The Bertz CT molecular complexity index is 1290. The van der Waals surface area contributed by atoms with Crippen LogP contribution in [0.2, 0.25) is 5.02 Å². The molecule has 0 unspecified atom stereocenters. The highest BCUT2D eigenvalue weighted by atomic mass is 35.5. The van der Waals surface area contributed by atoms with E-state index in [0.29, 0.717) is 34.7 Å². The van der Waals surface area contributed by atoms with Gasteiger partial charge in [0.15, 0.2) is 5.69 Å². The molecule has 206 valence electrons. The first-order valence-corrected chi connectivity index (χ1v) is 12.9. The van der Waals surface area contributed by atoms with Crippen molar-refractivity contribution in [2.24, 2.45) is 5.92 Å². The maximum atomic E-state index is 13.3. The van der Waals surface area contributed by atoms with E-state index in [1.54, 1.807) is 24.3 Å². The van der Waals surface area contributed by atoms with Crippen LogP contribution in [0.1, 0.15) is 59.0 Å². The molecule has 0 atom stereocenters. The second kappa shape index (κ2) is 14.1. The molecule has 2 aromatic carbocycles. The fourth-order valence-corrected chi connectivity index (χ4v) is 3.88. The topological polar surface area (TPSA) is 133 Å². The zero-order valence-corrected chi connectivity index (χ0v) is 22.6. The average Bonchev–Trinajstić information content (AvgIpc) is 3.41. The number of aryl methyl sites for hydroxylation is 1. The van der Waals surface area contributed by atoms with E-state index in [9.17, 15) is 24.3 Å². The third-order valence-corrected chi connectivity index (χ3v) is 6.24. The number of nitrogens with zero attached hydrogens (tertiary/aromatic N) is 3. The van der Waals surface area contributed by atoms with E-state index < -0.39 is 29.8 Å². The van der Waals surface area contributed by atoms with Crippen LogP contribution < -0.4 is 5.32 Å². The van der Waals surface area contributed by atoms with E-state index in [-0.39, 0.29) is 31.2 Å². The average molecular weight is 555 g/mol. The Morgan fingerprint density at radius 3 is 2.36 bits per heavy atom. The van der Waals surface area contributed by atoms with Gasteiger partial charge in [0, 0.05) is 24.7 Å². The van der Waals surface area contributed by atoms with Crippen LogP contribution in [0.3, 0.4) is 0 Å². The molecule has 0 spiro atoms. The minimum absolute atomic E-state index is 0.0738. The van der Waals surface area contributed by atoms with Crippen LogP contribution >= 0.6 is 11.6 Å². The number of nitrogens with one attached hydrogen (secondary N) is 1. The molecule has 3 aromatic rings.